The van der Waals surface area contributed by atoms with E-state index < -0.39 is 5.66 Å². The molecule has 0 bridgehead atoms. The Morgan fingerprint density at radius 2 is 1.65 bits per heavy atom. The summed E-state index contributed by atoms with van der Waals surface area (Å²) in [6.07, 6.45) is 11.0. The van der Waals surface area contributed by atoms with Crippen LogP contribution in [0, 0.1) is 23.7 Å². The molecule has 17 heavy (non-hydrogen) atoms. The first kappa shape index (κ1) is 13.4. The Hall–Kier alpha value is -0.0800. The molecule has 100 valence electrons. The molecule has 2 nitrogen and oxygen atoms in total. The van der Waals surface area contributed by atoms with Gasteiger partial charge in [0.1, 0.15) is 0 Å². The van der Waals surface area contributed by atoms with E-state index in [1.807, 2.05) is 0 Å². The number of hydrogen-bond donors (Lipinski definition) is 2. The van der Waals surface area contributed by atoms with Crippen LogP contribution in [0.3, 0.4) is 0 Å². The van der Waals surface area contributed by atoms with Crippen LogP contribution in [0.15, 0.2) is 0 Å². The van der Waals surface area contributed by atoms with Gasteiger partial charge in [0.25, 0.3) is 0 Å². The molecule has 3 atom stereocenters. The van der Waals surface area contributed by atoms with Gasteiger partial charge < -0.3 is 11.5 Å². The third-order valence-electron chi connectivity index (χ3n) is 5.69. The number of rotatable bonds is 2. The molecule has 0 saturated heterocycles. The van der Waals surface area contributed by atoms with Crippen molar-refractivity contribution in [3.8, 4) is 0 Å². The zero-order valence-electron chi connectivity index (χ0n) is 11.6. The van der Waals surface area contributed by atoms with Crippen molar-refractivity contribution < 1.29 is 0 Å². The smallest absolute Gasteiger partial charge is 0.0665 e. The lowest BCUT2D eigenvalue weighted by Crippen LogP contribution is -2.60. The molecule has 2 fully saturated rings. The topological polar surface area (TPSA) is 52.0 Å². The van der Waals surface area contributed by atoms with Crippen LogP contribution in [0.5, 0.6) is 0 Å². The fraction of sp³-hybridized carbons (Fsp3) is 1.00. The van der Waals surface area contributed by atoms with E-state index >= 15 is 0 Å². The summed E-state index contributed by atoms with van der Waals surface area (Å²) in [6.45, 7) is 4.61. The molecule has 3 unspecified atom stereocenters. The Labute approximate surface area is 107 Å². The largest absolute Gasteiger partial charge is 0.313 e. The standard InChI is InChI=1S/C15H30N2/c1-11-12(2)15(16,17)9-8-14(11)10-13-6-4-3-5-7-13/h11-14H,3-10,16-17H2,1-2H3. The maximum absolute atomic E-state index is 6.18. The fourth-order valence-electron chi connectivity index (χ4n) is 4.01. The summed E-state index contributed by atoms with van der Waals surface area (Å²) in [5.74, 6) is 3.02. The van der Waals surface area contributed by atoms with Crippen molar-refractivity contribution in [2.45, 2.75) is 70.9 Å². The maximum Gasteiger partial charge on any atom is 0.0665 e. The van der Waals surface area contributed by atoms with E-state index in [9.17, 15) is 0 Å². The van der Waals surface area contributed by atoms with Gasteiger partial charge in [-0.25, -0.2) is 0 Å². The van der Waals surface area contributed by atoms with Crippen LogP contribution in [-0.4, -0.2) is 5.66 Å². The van der Waals surface area contributed by atoms with Crippen molar-refractivity contribution in [2.24, 2.45) is 35.1 Å². The Bertz CT molecular complexity index is 243. The second kappa shape index (κ2) is 5.27. The van der Waals surface area contributed by atoms with Crippen LogP contribution in [0.1, 0.15) is 65.2 Å². The molecule has 2 rings (SSSR count). The van der Waals surface area contributed by atoms with Crippen molar-refractivity contribution in [3.05, 3.63) is 0 Å². The van der Waals surface area contributed by atoms with Crippen molar-refractivity contribution in [1.29, 1.82) is 0 Å². The second-order valence-corrected chi connectivity index (χ2v) is 6.80. The first-order valence-corrected chi connectivity index (χ1v) is 7.58. The van der Waals surface area contributed by atoms with Crippen LogP contribution in [0.2, 0.25) is 0 Å². The van der Waals surface area contributed by atoms with E-state index in [1.54, 1.807) is 0 Å². The van der Waals surface area contributed by atoms with E-state index in [0.717, 1.165) is 18.3 Å². The lowest BCUT2D eigenvalue weighted by atomic mass is 9.65. The quantitative estimate of drug-likeness (QED) is 0.726. The molecule has 2 aliphatic rings. The normalized spacial score (nSPS) is 39.2. The average Bonchev–Trinajstić information content (AvgIpc) is 2.32. The van der Waals surface area contributed by atoms with E-state index in [4.69, 9.17) is 11.5 Å². The zero-order chi connectivity index (χ0) is 12.5. The number of hydrogen-bond acceptors (Lipinski definition) is 2. The summed E-state index contributed by atoms with van der Waals surface area (Å²) in [6, 6.07) is 0. The zero-order valence-corrected chi connectivity index (χ0v) is 11.6. The Kier molecular flexibility index (Phi) is 4.14. The highest BCUT2D eigenvalue weighted by atomic mass is 15.0. The average molecular weight is 238 g/mol. The van der Waals surface area contributed by atoms with Gasteiger partial charge in [-0.3, -0.25) is 0 Å². The summed E-state index contributed by atoms with van der Waals surface area (Å²) < 4.78 is 0. The molecule has 0 aromatic carbocycles. The highest BCUT2D eigenvalue weighted by Crippen LogP contribution is 2.42. The Balaban J connectivity index is 1.89. The van der Waals surface area contributed by atoms with Crippen LogP contribution in [-0.2, 0) is 0 Å². The fourth-order valence-corrected chi connectivity index (χ4v) is 4.01. The molecule has 2 saturated carbocycles. The van der Waals surface area contributed by atoms with Crippen molar-refractivity contribution in [3.63, 3.8) is 0 Å². The lowest BCUT2D eigenvalue weighted by molar-refractivity contribution is 0.0722. The summed E-state index contributed by atoms with van der Waals surface area (Å²) >= 11 is 0. The van der Waals surface area contributed by atoms with E-state index in [1.165, 1.54) is 44.9 Å². The molecule has 0 spiro atoms. The molecular formula is C15H30N2. The minimum atomic E-state index is -0.414. The summed E-state index contributed by atoms with van der Waals surface area (Å²) in [5.41, 5.74) is 12.0. The van der Waals surface area contributed by atoms with Gasteiger partial charge in [-0.05, 0) is 42.9 Å². The minimum Gasteiger partial charge on any atom is -0.313 e. The van der Waals surface area contributed by atoms with Crippen LogP contribution >= 0.6 is 0 Å². The van der Waals surface area contributed by atoms with Gasteiger partial charge >= 0.3 is 0 Å². The third kappa shape index (κ3) is 3.03. The van der Waals surface area contributed by atoms with Gasteiger partial charge in [0.05, 0.1) is 5.66 Å². The maximum atomic E-state index is 6.18. The van der Waals surface area contributed by atoms with Gasteiger partial charge in [-0.15, -0.1) is 0 Å². The number of nitrogens with two attached hydrogens (primary N) is 2. The van der Waals surface area contributed by atoms with Crippen LogP contribution < -0.4 is 11.5 Å². The highest BCUT2D eigenvalue weighted by molar-refractivity contribution is 4.94. The third-order valence-corrected chi connectivity index (χ3v) is 5.69. The van der Waals surface area contributed by atoms with E-state index in [-0.39, 0.29) is 0 Å². The van der Waals surface area contributed by atoms with Crippen LogP contribution in [0.4, 0.5) is 0 Å². The highest BCUT2D eigenvalue weighted by Gasteiger charge is 2.40. The molecule has 0 aromatic rings. The predicted molar refractivity (Wildman–Crippen MR) is 73.3 cm³/mol. The van der Waals surface area contributed by atoms with E-state index in [2.05, 4.69) is 13.8 Å². The Morgan fingerprint density at radius 3 is 2.29 bits per heavy atom. The predicted octanol–water partition coefficient (Wildman–Crippen LogP) is 3.25. The molecule has 0 amide bonds. The van der Waals surface area contributed by atoms with Gasteiger partial charge in [0.15, 0.2) is 0 Å². The van der Waals surface area contributed by atoms with E-state index in [0.29, 0.717) is 11.8 Å². The van der Waals surface area contributed by atoms with Gasteiger partial charge in [-0.1, -0.05) is 46.0 Å². The summed E-state index contributed by atoms with van der Waals surface area (Å²) in [5, 5.41) is 0. The monoisotopic (exact) mass is 238 g/mol. The first-order valence-electron chi connectivity index (χ1n) is 7.58. The Morgan fingerprint density at radius 1 is 1.00 bits per heavy atom. The summed E-state index contributed by atoms with van der Waals surface area (Å²) in [4.78, 5) is 0. The van der Waals surface area contributed by atoms with Gasteiger partial charge in [0.2, 0.25) is 0 Å². The molecule has 0 radical (unpaired) electrons. The molecule has 4 N–H and O–H groups in total. The van der Waals surface area contributed by atoms with Gasteiger partial charge in [-0.2, -0.15) is 0 Å². The van der Waals surface area contributed by atoms with Gasteiger partial charge in [0, 0.05) is 0 Å². The van der Waals surface area contributed by atoms with Crippen LogP contribution in [0.25, 0.3) is 0 Å². The molecule has 0 heterocycles. The lowest BCUT2D eigenvalue weighted by Gasteiger charge is -2.45. The molecule has 2 heteroatoms. The van der Waals surface area contributed by atoms with Crippen molar-refractivity contribution in [2.75, 3.05) is 0 Å². The van der Waals surface area contributed by atoms with Crippen molar-refractivity contribution in [1.82, 2.24) is 0 Å². The summed E-state index contributed by atoms with van der Waals surface area (Å²) in [7, 11) is 0. The molecule has 2 aliphatic carbocycles. The van der Waals surface area contributed by atoms with Crippen molar-refractivity contribution >= 4 is 0 Å². The second-order valence-electron chi connectivity index (χ2n) is 6.80. The minimum absolute atomic E-state index is 0.414. The SMILES string of the molecule is CC1C(CC2CCCCC2)CCC(N)(N)C1C. The first-order chi connectivity index (χ1) is 8.00. The molecule has 0 aliphatic heterocycles. The molecular weight excluding hydrogens is 208 g/mol. The molecule has 0 aromatic heterocycles.